The van der Waals surface area contributed by atoms with Gasteiger partial charge in [-0.05, 0) is 58.7 Å². The number of rotatable bonds is 9. The maximum Gasteiger partial charge on any atom is 0.421 e. The second-order valence-electron chi connectivity index (χ2n) is 12.7. The molecular formula is C28H43F3N8O2. The number of hydrogen-bond donors (Lipinski definition) is 2. The van der Waals surface area contributed by atoms with Crippen LogP contribution in [0.1, 0.15) is 50.5 Å². The summed E-state index contributed by atoms with van der Waals surface area (Å²) in [4.78, 5) is 29.9. The molecule has 0 unspecified atom stereocenters. The Morgan fingerprint density at radius 3 is 2.49 bits per heavy atom. The fourth-order valence-corrected chi connectivity index (χ4v) is 7.58. The number of ether oxygens (including phenoxy) is 1. The van der Waals surface area contributed by atoms with Crippen molar-refractivity contribution in [3.8, 4) is 0 Å². The van der Waals surface area contributed by atoms with Crippen LogP contribution in [0, 0.1) is 0 Å². The second-order valence-corrected chi connectivity index (χ2v) is 12.7. The molecule has 2 N–H and O–H groups in total. The van der Waals surface area contributed by atoms with Gasteiger partial charge in [-0.2, -0.15) is 18.2 Å². The smallest absolute Gasteiger partial charge is 0.379 e. The molecule has 7 rings (SSSR count). The van der Waals surface area contributed by atoms with Crippen molar-refractivity contribution in [3.63, 3.8) is 0 Å². The first-order valence-electron chi connectivity index (χ1n) is 15.1. The molecular weight excluding hydrogens is 537 g/mol. The van der Waals surface area contributed by atoms with E-state index in [9.17, 15) is 18.0 Å². The highest BCUT2D eigenvalue weighted by molar-refractivity contribution is 5.76. The number of anilines is 2. The van der Waals surface area contributed by atoms with Gasteiger partial charge in [-0.25, -0.2) is 4.98 Å². The Hall–Kier alpha value is -2.22. The lowest BCUT2D eigenvalue weighted by Gasteiger charge is -2.74. The maximum absolute atomic E-state index is 13.7. The van der Waals surface area contributed by atoms with Gasteiger partial charge in [0.25, 0.3) is 0 Å². The van der Waals surface area contributed by atoms with Crippen molar-refractivity contribution in [1.29, 1.82) is 0 Å². The molecule has 4 heterocycles. The zero-order valence-electron chi connectivity index (χ0n) is 24.0. The van der Waals surface area contributed by atoms with Crippen molar-refractivity contribution < 1.29 is 22.7 Å². The number of piperidine rings is 1. The van der Waals surface area contributed by atoms with Crippen LogP contribution in [0.15, 0.2) is 6.20 Å². The highest BCUT2D eigenvalue weighted by Gasteiger charge is 2.70. The van der Waals surface area contributed by atoms with Gasteiger partial charge in [0.2, 0.25) is 11.9 Å². The molecule has 3 saturated carbocycles. The number of nitrogens with zero attached hydrogens (tertiary/aromatic N) is 6. The molecule has 0 aromatic carbocycles. The van der Waals surface area contributed by atoms with Crippen molar-refractivity contribution in [1.82, 2.24) is 29.6 Å². The van der Waals surface area contributed by atoms with E-state index in [4.69, 9.17) is 4.74 Å². The quantitative estimate of drug-likeness (QED) is 0.428. The van der Waals surface area contributed by atoms with Gasteiger partial charge in [-0.1, -0.05) is 0 Å². The Balaban J connectivity index is 0.998. The fourth-order valence-electron chi connectivity index (χ4n) is 7.58. The summed E-state index contributed by atoms with van der Waals surface area (Å²) < 4.78 is 46.4. The molecule has 0 spiro atoms. The van der Waals surface area contributed by atoms with Gasteiger partial charge >= 0.3 is 6.18 Å². The number of hydrogen-bond acceptors (Lipinski definition) is 9. The number of carbonyl (C=O) groups is 1. The minimum absolute atomic E-state index is 0.0162. The molecule has 3 saturated heterocycles. The Morgan fingerprint density at radius 1 is 1.05 bits per heavy atom. The Labute approximate surface area is 240 Å². The highest BCUT2D eigenvalue weighted by Crippen LogP contribution is 2.64. The number of piperazine rings is 1. The molecule has 1 aromatic rings. The molecule has 13 heteroatoms. The van der Waals surface area contributed by atoms with Gasteiger partial charge in [0.1, 0.15) is 11.4 Å². The summed E-state index contributed by atoms with van der Waals surface area (Å²) in [6.07, 6.45) is 2.61. The van der Waals surface area contributed by atoms with Crippen LogP contribution in [-0.2, 0) is 15.7 Å². The molecule has 0 radical (unpaired) electrons. The van der Waals surface area contributed by atoms with Crippen molar-refractivity contribution in [2.75, 3.05) is 89.8 Å². The third kappa shape index (κ3) is 6.14. The van der Waals surface area contributed by atoms with E-state index < -0.39 is 11.7 Å². The summed E-state index contributed by atoms with van der Waals surface area (Å²) in [5, 5.41) is 6.25. The number of halogens is 3. The summed E-state index contributed by atoms with van der Waals surface area (Å²) in [6, 6.07) is 0.709. The number of likely N-dealkylation sites (tertiary alicyclic amines) is 1. The molecule has 228 valence electrons. The van der Waals surface area contributed by atoms with Gasteiger partial charge in [-0.3, -0.25) is 14.6 Å². The zero-order chi connectivity index (χ0) is 28.7. The summed E-state index contributed by atoms with van der Waals surface area (Å²) in [7, 11) is 2.20. The molecule has 3 aliphatic heterocycles. The third-order valence-electron chi connectivity index (χ3n) is 9.88. The van der Waals surface area contributed by atoms with Crippen LogP contribution in [0.4, 0.5) is 24.9 Å². The summed E-state index contributed by atoms with van der Waals surface area (Å²) in [5.41, 5.74) is -0.787. The molecule has 41 heavy (non-hydrogen) atoms. The van der Waals surface area contributed by atoms with E-state index >= 15 is 0 Å². The number of carbonyl (C=O) groups excluding carboxylic acids is 1. The third-order valence-corrected chi connectivity index (χ3v) is 9.88. The predicted octanol–water partition coefficient (Wildman–Crippen LogP) is 2.35. The molecule has 0 atom stereocenters. The van der Waals surface area contributed by atoms with E-state index in [1.54, 1.807) is 4.90 Å². The molecule has 6 fully saturated rings. The number of alkyl halides is 3. The Morgan fingerprint density at radius 2 is 1.78 bits per heavy atom. The normalized spacial score (nSPS) is 30.4. The number of amides is 1. The molecule has 6 aliphatic rings. The summed E-state index contributed by atoms with van der Waals surface area (Å²) in [5.74, 6) is 0.0371. The Bertz CT molecular complexity index is 1070. The average molecular weight is 581 g/mol. The first-order chi connectivity index (χ1) is 19.6. The van der Waals surface area contributed by atoms with Gasteiger partial charge in [-0.15, -0.1) is 0 Å². The van der Waals surface area contributed by atoms with Gasteiger partial charge in [0.15, 0.2) is 0 Å². The van der Waals surface area contributed by atoms with Crippen molar-refractivity contribution in [3.05, 3.63) is 11.8 Å². The van der Waals surface area contributed by atoms with E-state index in [0.29, 0.717) is 45.2 Å². The number of aromatic nitrogens is 2. The standard InChI is InChI=1S/C28H43F3N8O2/c1-36-8-3-21(4-9-36)37-10-12-39(13-11-37)27-18-26(19-27,20-27)35-25-33-17-22(28(29,30)31)24(34-25)32-6-2-7-38-14-16-41-15-5-23(38)40/h17,21H,2-16,18-20H2,1H3,(H2,32,33,34,35). The minimum Gasteiger partial charge on any atom is -0.379 e. The zero-order valence-corrected chi connectivity index (χ0v) is 24.0. The topological polar surface area (TPSA) is 89.1 Å². The highest BCUT2D eigenvalue weighted by atomic mass is 19.4. The Kier molecular flexibility index (Phi) is 8.07. The van der Waals surface area contributed by atoms with Gasteiger partial charge in [0.05, 0.1) is 19.6 Å². The fraction of sp³-hybridized carbons (Fsp3) is 0.821. The summed E-state index contributed by atoms with van der Waals surface area (Å²) >= 11 is 0. The first kappa shape index (κ1) is 28.9. The van der Waals surface area contributed by atoms with Crippen molar-refractivity contribution >= 4 is 17.7 Å². The largest absolute Gasteiger partial charge is 0.421 e. The van der Waals surface area contributed by atoms with Crippen LogP contribution in [-0.4, -0.2) is 132 Å². The monoisotopic (exact) mass is 580 g/mol. The van der Waals surface area contributed by atoms with Crippen LogP contribution in [0.3, 0.4) is 0 Å². The number of nitrogens with one attached hydrogen (secondary N) is 2. The molecule has 1 amide bonds. The lowest BCUT2D eigenvalue weighted by Crippen LogP contribution is -2.82. The van der Waals surface area contributed by atoms with Crippen LogP contribution < -0.4 is 10.6 Å². The SMILES string of the molecule is CN1CCC(N2CCN(C34CC(Nc5ncc(C(F)(F)F)c(NCCCN6CCOCCC6=O)n5)(C3)C4)CC2)CC1. The lowest BCUT2D eigenvalue weighted by molar-refractivity contribution is -0.164. The van der Waals surface area contributed by atoms with Crippen LogP contribution in [0.25, 0.3) is 0 Å². The van der Waals surface area contributed by atoms with Gasteiger partial charge in [0, 0.05) is 69.1 Å². The van der Waals surface area contributed by atoms with E-state index in [1.807, 2.05) is 0 Å². The van der Waals surface area contributed by atoms with E-state index in [-0.39, 0.29) is 35.3 Å². The van der Waals surface area contributed by atoms with Crippen molar-refractivity contribution in [2.24, 2.45) is 0 Å². The van der Waals surface area contributed by atoms with Crippen LogP contribution in [0.5, 0.6) is 0 Å². The summed E-state index contributed by atoms with van der Waals surface area (Å²) in [6.45, 7) is 8.90. The van der Waals surface area contributed by atoms with E-state index in [0.717, 1.165) is 51.6 Å². The minimum atomic E-state index is -4.56. The first-order valence-corrected chi connectivity index (χ1v) is 15.1. The average Bonchev–Trinajstić information content (AvgIpc) is 3.11. The van der Waals surface area contributed by atoms with Crippen molar-refractivity contribution in [2.45, 2.75) is 68.2 Å². The van der Waals surface area contributed by atoms with E-state index in [2.05, 4.69) is 42.3 Å². The maximum atomic E-state index is 13.7. The molecule has 3 aliphatic carbocycles. The van der Waals surface area contributed by atoms with Crippen LogP contribution >= 0.6 is 0 Å². The molecule has 10 nitrogen and oxygen atoms in total. The van der Waals surface area contributed by atoms with E-state index in [1.165, 1.54) is 25.9 Å². The predicted molar refractivity (Wildman–Crippen MR) is 149 cm³/mol. The second kappa shape index (κ2) is 11.5. The molecule has 1 aromatic heterocycles. The lowest BCUT2D eigenvalue weighted by atomic mass is 9.43. The van der Waals surface area contributed by atoms with Crippen LogP contribution in [0.2, 0.25) is 0 Å². The molecule has 2 bridgehead atoms. The van der Waals surface area contributed by atoms with Gasteiger partial charge < -0.3 is 25.2 Å².